The molecule has 1 aliphatic carbocycles. The van der Waals surface area contributed by atoms with Gasteiger partial charge in [-0.05, 0) is 36.4 Å². The van der Waals surface area contributed by atoms with Crippen LogP contribution < -0.4 is 5.73 Å². The van der Waals surface area contributed by atoms with E-state index in [1.54, 1.807) is 0 Å². The lowest BCUT2D eigenvalue weighted by Crippen LogP contribution is -2.69. The standard InChI is InChI=1S/C27H19Cl2F6N7O5/c28-21-14(22(36)43)13-24(41(44)45,15-5-1-3-7-17(15)39-11-9-19(37-39)26(30,31)32)23(29)25(21,42(46)47)16-6-2-4-8-18(16)40-12-10-20(38-40)27(33,34)35/h1-12,14,21,23H,13H2,(H2,36,43). The van der Waals surface area contributed by atoms with E-state index in [-0.39, 0.29) is 5.69 Å². The monoisotopic (exact) mass is 705 g/mol. The van der Waals surface area contributed by atoms with Gasteiger partial charge in [0, 0.05) is 28.7 Å². The minimum Gasteiger partial charge on any atom is -0.369 e. The number of rotatable bonds is 7. The second-order valence-corrected chi connectivity index (χ2v) is 11.5. The Kier molecular flexibility index (Phi) is 8.24. The summed E-state index contributed by atoms with van der Waals surface area (Å²) in [5.41, 5.74) is -4.89. The number of amides is 1. The minimum atomic E-state index is -4.92. The third kappa shape index (κ3) is 5.24. The second kappa shape index (κ2) is 11.5. The number of halogens is 8. The minimum absolute atomic E-state index is 0.353. The van der Waals surface area contributed by atoms with Gasteiger partial charge in [0.05, 0.1) is 28.4 Å². The summed E-state index contributed by atoms with van der Waals surface area (Å²) in [6, 6.07) is 10.6. The van der Waals surface area contributed by atoms with Gasteiger partial charge in [0.15, 0.2) is 16.8 Å². The van der Waals surface area contributed by atoms with E-state index in [0.717, 1.165) is 36.7 Å². The molecule has 2 N–H and O–H groups in total. The summed E-state index contributed by atoms with van der Waals surface area (Å²) in [7, 11) is 0. The van der Waals surface area contributed by atoms with Crippen molar-refractivity contribution in [2.45, 2.75) is 40.6 Å². The first-order chi connectivity index (χ1) is 21.9. The van der Waals surface area contributed by atoms with E-state index in [1.807, 2.05) is 0 Å². The number of hydrogen-bond acceptors (Lipinski definition) is 7. The predicted molar refractivity (Wildman–Crippen MR) is 151 cm³/mol. The number of benzene rings is 2. The van der Waals surface area contributed by atoms with E-state index >= 15 is 0 Å². The normalized spacial score (nSPS) is 25.0. The molecular formula is C27H19Cl2F6N7O5. The molecule has 5 rings (SSSR count). The summed E-state index contributed by atoms with van der Waals surface area (Å²) >= 11 is 13.6. The van der Waals surface area contributed by atoms with Gasteiger partial charge >= 0.3 is 12.4 Å². The third-order valence-electron chi connectivity index (χ3n) is 8.06. The molecule has 2 aromatic heterocycles. The van der Waals surface area contributed by atoms with Gasteiger partial charge in [0.25, 0.3) is 11.1 Å². The molecule has 47 heavy (non-hydrogen) atoms. The fourth-order valence-electron chi connectivity index (χ4n) is 5.96. The molecule has 5 unspecified atom stereocenters. The van der Waals surface area contributed by atoms with Crippen LogP contribution in [0.1, 0.15) is 28.9 Å². The zero-order chi connectivity index (χ0) is 34.7. The van der Waals surface area contributed by atoms with E-state index in [0.29, 0.717) is 21.5 Å². The Morgan fingerprint density at radius 2 is 1.26 bits per heavy atom. The maximum absolute atomic E-state index is 13.4. The van der Waals surface area contributed by atoms with Gasteiger partial charge in [-0.1, -0.05) is 24.3 Å². The van der Waals surface area contributed by atoms with Crippen LogP contribution >= 0.6 is 23.2 Å². The molecule has 0 spiro atoms. The zero-order valence-corrected chi connectivity index (χ0v) is 24.7. The summed E-state index contributed by atoms with van der Waals surface area (Å²) in [5, 5.41) is 29.1. The largest absolute Gasteiger partial charge is 0.435 e. The molecule has 0 aliphatic heterocycles. The number of primary amides is 1. The summed E-state index contributed by atoms with van der Waals surface area (Å²) in [5.74, 6) is -3.21. The van der Waals surface area contributed by atoms with Gasteiger partial charge in [-0.3, -0.25) is 25.0 Å². The van der Waals surface area contributed by atoms with Gasteiger partial charge in [0.1, 0.15) is 5.38 Å². The molecule has 0 saturated heterocycles. The highest BCUT2D eigenvalue weighted by Crippen LogP contribution is 2.58. The van der Waals surface area contributed by atoms with Crippen molar-refractivity contribution >= 4 is 29.1 Å². The molecule has 0 bridgehead atoms. The van der Waals surface area contributed by atoms with Gasteiger partial charge < -0.3 is 5.73 Å². The highest BCUT2D eigenvalue weighted by atomic mass is 35.5. The van der Waals surface area contributed by atoms with E-state index in [9.17, 15) is 51.4 Å². The summed E-state index contributed by atoms with van der Waals surface area (Å²) in [6.45, 7) is 0. The first-order valence-corrected chi connectivity index (χ1v) is 14.1. The lowest BCUT2D eigenvalue weighted by molar-refractivity contribution is -0.634. The molecule has 1 fully saturated rings. The Hall–Kier alpha value is -4.71. The van der Waals surface area contributed by atoms with Crippen molar-refractivity contribution < 1.29 is 41.0 Å². The lowest BCUT2D eigenvalue weighted by Gasteiger charge is -2.47. The smallest absolute Gasteiger partial charge is 0.369 e. The maximum Gasteiger partial charge on any atom is 0.435 e. The molecule has 20 heteroatoms. The fraction of sp³-hybridized carbons (Fsp3) is 0.296. The van der Waals surface area contributed by atoms with Gasteiger partial charge in [-0.2, -0.15) is 36.5 Å². The average Bonchev–Trinajstić information content (AvgIpc) is 3.69. The number of nitrogens with zero attached hydrogens (tertiary/aromatic N) is 6. The zero-order valence-electron chi connectivity index (χ0n) is 23.2. The van der Waals surface area contributed by atoms with Crippen LogP contribution in [-0.2, 0) is 28.2 Å². The Morgan fingerprint density at radius 1 is 0.809 bits per heavy atom. The molecule has 2 heterocycles. The van der Waals surface area contributed by atoms with Crippen LogP contribution in [-0.4, -0.2) is 46.1 Å². The molecule has 12 nitrogen and oxygen atoms in total. The topological polar surface area (TPSA) is 165 Å². The molecule has 1 aliphatic rings. The van der Waals surface area contributed by atoms with Crippen molar-refractivity contribution in [1.29, 1.82) is 0 Å². The van der Waals surface area contributed by atoms with Crippen LogP contribution in [0.15, 0.2) is 73.1 Å². The third-order valence-corrected chi connectivity index (χ3v) is 9.39. The second-order valence-electron chi connectivity index (χ2n) is 10.6. The van der Waals surface area contributed by atoms with E-state index in [1.165, 1.54) is 24.3 Å². The SMILES string of the molecule is NC(=O)C1CC(c2ccccc2-n2ccc(C(F)(F)F)n2)([N+](=O)[O-])C(Cl)C(c2ccccc2-n2ccc(C(F)(F)F)n2)([N+](=O)[O-])C1Cl. The van der Waals surface area contributed by atoms with Crippen molar-refractivity contribution in [2.24, 2.45) is 11.7 Å². The summed E-state index contributed by atoms with van der Waals surface area (Å²) < 4.78 is 81.9. The van der Waals surface area contributed by atoms with Crippen LogP contribution in [0.5, 0.6) is 0 Å². The fourth-order valence-corrected chi connectivity index (χ4v) is 7.18. The van der Waals surface area contributed by atoms with Crippen LogP contribution in [0.25, 0.3) is 11.4 Å². The molecule has 0 radical (unpaired) electrons. The van der Waals surface area contributed by atoms with E-state index < -0.39 is 90.5 Å². The van der Waals surface area contributed by atoms with Crippen molar-refractivity contribution in [2.75, 3.05) is 0 Å². The van der Waals surface area contributed by atoms with Crippen molar-refractivity contribution in [3.63, 3.8) is 0 Å². The van der Waals surface area contributed by atoms with Gasteiger partial charge in [-0.15, -0.1) is 23.2 Å². The van der Waals surface area contributed by atoms with Crippen LogP contribution in [0, 0.1) is 26.1 Å². The van der Waals surface area contributed by atoms with E-state index in [4.69, 9.17) is 28.9 Å². The molecule has 4 aromatic rings. The molecular weight excluding hydrogens is 687 g/mol. The first kappa shape index (κ1) is 33.6. The number of carbonyl (C=O) groups excluding carboxylic acids is 1. The number of alkyl halides is 8. The maximum atomic E-state index is 13.4. The van der Waals surface area contributed by atoms with Crippen LogP contribution in [0.2, 0.25) is 0 Å². The molecule has 2 aromatic carbocycles. The number of hydrogen-bond donors (Lipinski definition) is 1. The first-order valence-electron chi connectivity index (χ1n) is 13.2. The van der Waals surface area contributed by atoms with Crippen molar-refractivity contribution in [1.82, 2.24) is 19.6 Å². The molecule has 1 saturated carbocycles. The van der Waals surface area contributed by atoms with Crippen molar-refractivity contribution in [3.05, 3.63) is 116 Å². The van der Waals surface area contributed by atoms with Crippen molar-refractivity contribution in [3.8, 4) is 11.4 Å². The Balaban J connectivity index is 1.84. The Labute approximate surface area is 269 Å². The Morgan fingerprint density at radius 3 is 1.66 bits per heavy atom. The highest BCUT2D eigenvalue weighted by Gasteiger charge is 2.77. The number of para-hydroxylation sites is 2. The van der Waals surface area contributed by atoms with Crippen LogP contribution in [0.3, 0.4) is 0 Å². The van der Waals surface area contributed by atoms with Gasteiger partial charge in [-0.25, -0.2) is 9.36 Å². The van der Waals surface area contributed by atoms with Crippen LogP contribution in [0.4, 0.5) is 26.3 Å². The number of nitrogens with two attached hydrogens (primary N) is 1. The summed E-state index contributed by atoms with van der Waals surface area (Å²) in [4.78, 5) is 37.4. The number of aromatic nitrogens is 4. The van der Waals surface area contributed by atoms with E-state index in [2.05, 4.69) is 10.2 Å². The predicted octanol–water partition coefficient (Wildman–Crippen LogP) is 5.46. The molecule has 1 amide bonds. The highest BCUT2D eigenvalue weighted by molar-refractivity contribution is 6.27. The average molecular weight is 706 g/mol. The number of nitro groups is 2. The lowest BCUT2D eigenvalue weighted by atomic mass is 9.60. The molecule has 5 atom stereocenters. The quantitative estimate of drug-likeness (QED) is 0.115. The summed E-state index contributed by atoms with van der Waals surface area (Å²) in [6.07, 6.45) is -9.10. The number of carbonyl (C=O) groups is 1. The van der Waals surface area contributed by atoms with Gasteiger partial charge in [0.2, 0.25) is 5.91 Å². The molecule has 248 valence electrons. The Bertz CT molecular complexity index is 1880.